The van der Waals surface area contributed by atoms with Crippen LogP contribution in [0.5, 0.6) is 0 Å². The second-order valence-electron chi connectivity index (χ2n) is 21.4. The number of benzene rings is 8. The van der Waals surface area contributed by atoms with Crippen LogP contribution in [0, 0.1) is 69.8 Å². The van der Waals surface area contributed by atoms with Crippen LogP contribution in [0.2, 0.25) is 0 Å². The van der Waals surface area contributed by atoms with Crippen molar-refractivity contribution in [1.82, 2.24) is 0 Å². The smallest absolute Gasteiger partial charge is 0.545 e. The Hall–Kier alpha value is -8.83. The fourth-order valence-electron chi connectivity index (χ4n) is 7.83. The maximum absolute atomic E-state index is 12.3. The summed E-state index contributed by atoms with van der Waals surface area (Å²) < 4.78 is 157. The Labute approximate surface area is 585 Å². The van der Waals surface area contributed by atoms with Crippen LogP contribution >= 0.6 is 0 Å². The van der Waals surface area contributed by atoms with Gasteiger partial charge in [0.15, 0.2) is 69.8 Å². The van der Waals surface area contributed by atoms with Gasteiger partial charge in [-0.3, -0.25) is 0 Å². The first-order chi connectivity index (χ1) is 45.2. The van der Waals surface area contributed by atoms with Crippen molar-refractivity contribution in [2.75, 3.05) is 102 Å². The Morgan fingerprint density at radius 1 is 0.296 bits per heavy atom. The van der Waals surface area contributed by atoms with Gasteiger partial charge in [0.1, 0.15) is 0 Å². The second kappa shape index (κ2) is 44.2. The van der Waals surface area contributed by atoms with Crippen LogP contribution in [0.3, 0.4) is 0 Å². The van der Waals surface area contributed by atoms with E-state index in [1.807, 2.05) is 0 Å². The van der Waals surface area contributed by atoms with Gasteiger partial charge < -0.3 is 68.7 Å². The number of carboxylic acids is 4. The molecular weight excluding hydrogens is 1490 g/mol. The molecule has 10 rings (SSSR count). The molecule has 0 bridgehead atoms. The van der Waals surface area contributed by atoms with E-state index in [9.17, 15) is 92.3 Å². The summed E-state index contributed by atoms with van der Waals surface area (Å²) >= 11 is 0. The number of anilines is 4. The van der Waals surface area contributed by atoms with Crippen LogP contribution in [0.4, 0.5) is 75.4 Å². The minimum Gasteiger partial charge on any atom is -0.545 e. The summed E-state index contributed by atoms with van der Waals surface area (Å²) in [6, 6.07) is 37.8. The third-order valence-electron chi connectivity index (χ3n) is 13.2. The number of carbonyl (C=O) groups excluding carboxylic acids is 4. The van der Waals surface area contributed by atoms with Crippen LogP contribution in [-0.4, -0.2) is 107 Å². The summed E-state index contributed by atoms with van der Waals surface area (Å²) in [5.41, 5.74) is 7.45. The molecule has 0 aromatic heterocycles. The Kier molecular flexibility index (Phi) is 39.3. The Balaban J connectivity index is 0.000000574. The van der Waals surface area contributed by atoms with Gasteiger partial charge in [0.2, 0.25) is 0 Å². The van der Waals surface area contributed by atoms with E-state index in [2.05, 4.69) is 173 Å². The quantitative estimate of drug-likeness (QED) is 0.0637. The van der Waals surface area contributed by atoms with Gasteiger partial charge in [-0.2, -0.15) is 0 Å². The molecule has 528 valence electrons. The van der Waals surface area contributed by atoms with Crippen molar-refractivity contribution in [3.8, 4) is 0 Å². The summed E-state index contributed by atoms with van der Waals surface area (Å²) in [7, 11) is 16.5. The molecule has 0 amide bonds. The number of rotatable bonds is 12. The zero-order valence-electron chi connectivity index (χ0n) is 54.0. The van der Waals surface area contributed by atoms with E-state index in [0.717, 1.165) is 39.3 Å². The molecule has 0 radical (unpaired) electrons. The molecule has 2 saturated heterocycles. The van der Waals surface area contributed by atoms with Gasteiger partial charge in [-0.05, 0) is 158 Å². The van der Waals surface area contributed by atoms with E-state index in [0.29, 0.717) is 48.5 Å². The van der Waals surface area contributed by atoms with Gasteiger partial charge >= 0.3 is 39.0 Å². The number of hydrogen-bond donors (Lipinski definition) is 0. The first-order valence-electron chi connectivity index (χ1n) is 28.8. The standard InChI is InChI=1S/2C17H22N2.4C7H3F3O2.2C4H8O.2Ru/c2*1-18(2)16-9-5-14(6-10-16)13-15-7-11-17(12-8-15)19(3)4;4*8-4-1-3(7(11)12)2-5(9)6(4)10;2*1-2-4-5-3-1;;/h2*5-12H,13H2,1-4H3;4*1-2H,(H,11,12);2*1-4H2;;/q;;;;;;;;2*+2/p-4. The predicted molar refractivity (Wildman–Crippen MR) is 331 cm³/mol. The molecule has 0 N–H and O–H groups in total. The normalized spacial score (nSPS) is 11.3. The molecule has 0 unspecified atom stereocenters. The molecule has 14 nitrogen and oxygen atoms in total. The summed E-state index contributed by atoms with van der Waals surface area (Å²) in [6.07, 6.45) is 7.09. The maximum Gasteiger partial charge on any atom is 2.00 e. The van der Waals surface area contributed by atoms with E-state index in [-0.39, 0.29) is 39.0 Å². The van der Waals surface area contributed by atoms with Gasteiger partial charge in [-0.25, -0.2) is 52.7 Å². The van der Waals surface area contributed by atoms with Crippen molar-refractivity contribution in [3.05, 3.63) is 260 Å². The van der Waals surface area contributed by atoms with E-state index in [1.54, 1.807) is 0 Å². The average Bonchev–Trinajstić information content (AvgIpc) is 1.01. The Morgan fingerprint density at radius 3 is 0.541 bits per heavy atom. The topological polar surface area (TPSA) is 192 Å². The van der Waals surface area contributed by atoms with Crippen molar-refractivity contribution in [3.63, 3.8) is 0 Å². The second-order valence-corrected chi connectivity index (χ2v) is 21.4. The first kappa shape index (κ1) is 87.2. The molecule has 2 heterocycles. The van der Waals surface area contributed by atoms with Crippen molar-refractivity contribution in [2.45, 2.75) is 38.5 Å². The average molecular weight is 1560 g/mol. The summed E-state index contributed by atoms with van der Waals surface area (Å²) in [6.45, 7) is 4.00. The molecule has 0 atom stereocenters. The van der Waals surface area contributed by atoms with Crippen LogP contribution in [0.15, 0.2) is 146 Å². The number of ether oxygens (including phenoxy) is 2. The fraction of sp³-hybridized carbons (Fsp3) is 0.257. The molecule has 2 aliphatic heterocycles. The van der Waals surface area contributed by atoms with Crippen molar-refractivity contribution >= 4 is 46.6 Å². The minimum absolute atomic E-state index is 0. The molecule has 8 aromatic rings. The van der Waals surface area contributed by atoms with Crippen molar-refractivity contribution in [1.29, 1.82) is 0 Å². The zero-order chi connectivity index (χ0) is 71.9. The Morgan fingerprint density at radius 2 is 0.439 bits per heavy atom. The first-order valence-corrected chi connectivity index (χ1v) is 28.8. The van der Waals surface area contributed by atoms with Crippen LogP contribution < -0.4 is 40.0 Å². The number of carboxylic acid groups (broad SMARTS) is 4. The largest absolute Gasteiger partial charge is 2.00 e. The fourth-order valence-corrected chi connectivity index (χ4v) is 7.83. The number of carbonyl (C=O) groups is 4. The molecule has 2 fully saturated rings. The van der Waals surface area contributed by atoms with Gasteiger partial charge in [0.05, 0.1) is 23.9 Å². The summed E-state index contributed by atoms with van der Waals surface area (Å²) in [4.78, 5) is 48.7. The van der Waals surface area contributed by atoms with Crippen LogP contribution in [-0.2, 0) is 61.3 Å². The van der Waals surface area contributed by atoms with E-state index in [1.165, 1.54) is 70.7 Å². The molecule has 98 heavy (non-hydrogen) atoms. The molecule has 0 aliphatic carbocycles. The SMILES string of the molecule is C1CCOC1.C1CCOC1.CN(C)c1ccc(Cc2ccc(N(C)C)cc2)cc1.CN(C)c1ccc(Cc2ccc(N(C)C)cc2)cc1.O=C([O-])c1cc(F)c(F)c(F)c1.O=C([O-])c1cc(F)c(F)c(F)c1.O=C([O-])c1cc(F)c(F)c(F)c1.O=C([O-])c1cc(F)c(F)c(F)c1.[Ru+2].[Ru+2]. The van der Waals surface area contributed by atoms with Gasteiger partial charge in [0.25, 0.3) is 0 Å². The third kappa shape index (κ3) is 30.7. The molecule has 0 saturated carbocycles. The molecule has 0 spiro atoms. The third-order valence-corrected chi connectivity index (χ3v) is 13.2. The van der Waals surface area contributed by atoms with Gasteiger partial charge in [0, 0.05) is 128 Å². The molecule has 8 aromatic carbocycles. The number of nitrogens with zero attached hydrogens (tertiary/aromatic N) is 4. The van der Waals surface area contributed by atoms with Gasteiger partial charge in [-0.15, -0.1) is 0 Å². The number of hydrogen-bond acceptors (Lipinski definition) is 14. The van der Waals surface area contributed by atoms with Gasteiger partial charge in [-0.1, -0.05) is 48.5 Å². The zero-order valence-corrected chi connectivity index (χ0v) is 57.5. The number of halogens is 12. The van der Waals surface area contributed by atoms with Crippen LogP contribution in [0.1, 0.15) is 89.4 Å². The van der Waals surface area contributed by atoms with E-state index < -0.39 is 116 Å². The summed E-state index contributed by atoms with van der Waals surface area (Å²) in [5.74, 6) is -26.2. The molecule has 28 heteroatoms. The Bertz CT molecular complexity index is 3210. The van der Waals surface area contributed by atoms with E-state index in [4.69, 9.17) is 9.47 Å². The summed E-state index contributed by atoms with van der Waals surface area (Å²) in [5, 5.41) is 40.2. The van der Waals surface area contributed by atoms with Crippen molar-refractivity contribution < 1.29 is 141 Å². The molecular formula is C70H68F12N4O10Ru2. The predicted octanol–water partition coefficient (Wildman–Crippen LogP) is 10.3. The van der Waals surface area contributed by atoms with Crippen molar-refractivity contribution in [2.24, 2.45) is 0 Å². The number of aromatic carboxylic acids is 4. The maximum atomic E-state index is 12.3. The molecule has 2 aliphatic rings. The van der Waals surface area contributed by atoms with E-state index >= 15 is 0 Å². The minimum atomic E-state index is -1.76. The monoisotopic (exact) mass is 1560 g/mol. The van der Waals surface area contributed by atoms with Crippen LogP contribution in [0.25, 0.3) is 0 Å².